The number of cyclic esters (lactones) is 1. The number of ether oxygens (including phenoxy) is 2. The van der Waals surface area contributed by atoms with Crippen LogP contribution in [0.15, 0.2) is 66.4 Å². The summed E-state index contributed by atoms with van der Waals surface area (Å²) in [4.78, 5) is 117. The zero-order valence-corrected chi connectivity index (χ0v) is 42.3. The third-order valence-electron chi connectivity index (χ3n) is 12.9. The lowest BCUT2D eigenvalue weighted by molar-refractivity contribution is -0.165. The summed E-state index contributed by atoms with van der Waals surface area (Å²) in [5.74, 6) is -9.11. The minimum Gasteiger partial charge on any atom is -0.508 e. The molecule has 2 heterocycles. The van der Waals surface area contributed by atoms with Crippen molar-refractivity contribution >= 4 is 57.7 Å². The number of phenols is 1. The minimum absolute atomic E-state index is 0.0718. The molecule has 11 atom stereocenters. The van der Waals surface area contributed by atoms with E-state index in [4.69, 9.17) is 14.0 Å². The number of phenolic OH excluding ortho intramolecular Hbond substituents is 1. The van der Waals surface area contributed by atoms with Crippen LogP contribution in [0.1, 0.15) is 78.4 Å². The average Bonchev–Trinajstić information content (AvgIpc) is 3.34. The van der Waals surface area contributed by atoms with E-state index >= 15 is 4.79 Å². The van der Waals surface area contributed by atoms with E-state index in [1.807, 2.05) is 0 Å². The summed E-state index contributed by atoms with van der Waals surface area (Å²) in [5.41, 5.74) is 0.650. The fourth-order valence-corrected chi connectivity index (χ4v) is 8.42. The molecule has 0 saturated carbocycles. The van der Waals surface area contributed by atoms with Crippen molar-refractivity contribution < 1.29 is 75.2 Å². The van der Waals surface area contributed by atoms with Crippen molar-refractivity contribution in [2.24, 2.45) is 11.8 Å². The molecule has 2 saturated heterocycles. The molecule has 7 amide bonds. The smallest absolute Gasteiger partial charge is 0.397 e. The van der Waals surface area contributed by atoms with E-state index in [0.29, 0.717) is 11.1 Å². The Labute approximate surface area is 418 Å². The number of nitrogens with zero attached hydrogens (tertiary/aromatic N) is 2. The number of aliphatic hydroxyl groups excluding tert-OH is 1. The number of amides is 7. The van der Waals surface area contributed by atoms with Crippen LogP contribution in [-0.4, -0.2) is 156 Å². The topological polar surface area (TPSA) is 326 Å². The first-order valence-corrected chi connectivity index (χ1v) is 24.9. The summed E-state index contributed by atoms with van der Waals surface area (Å²) in [5, 5.41) is 34.3. The maximum atomic E-state index is 15.0. The lowest BCUT2D eigenvalue weighted by atomic mass is 9.95. The molecule has 2 aromatic carbocycles. The van der Waals surface area contributed by atoms with Gasteiger partial charge in [0.15, 0.2) is 6.10 Å². The second kappa shape index (κ2) is 26.3. The summed E-state index contributed by atoms with van der Waals surface area (Å²) in [6, 6.07) is 5.47. The van der Waals surface area contributed by atoms with Gasteiger partial charge in [0.2, 0.25) is 23.6 Å². The molecule has 0 aromatic heterocycles. The number of benzene rings is 2. The number of esters is 1. The number of carbonyl (C=O) groups excluding carboxylic acids is 8. The highest BCUT2D eigenvalue weighted by atomic mass is 32.3. The van der Waals surface area contributed by atoms with E-state index in [0.717, 1.165) is 16.9 Å². The average molecular weight is 1030 g/mol. The summed E-state index contributed by atoms with van der Waals surface area (Å²) in [6.07, 6.45) is -3.55. The Kier molecular flexibility index (Phi) is 21.2. The molecule has 2 aromatic rings. The number of methoxy groups -OCH3 is 1. The molecular formula is C48H67N7O16S. The molecule has 0 aliphatic carbocycles. The number of nitrogens with one attached hydrogen (secondary N) is 5. The van der Waals surface area contributed by atoms with Gasteiger partial charge in [-0.3, -0.25) is 38.1 Å². The first-order chi connectivity index (χ1) is 33.9. The molecule has 396 valence electrons. The lowest BCUT2D eigenvalue weighted by Crippen LogP contribution is -2.64. The second-order valence-electron chi connectivity index (χ2n) is 17.9. The summed E-state index contributed by atoms with van der Waals surface area (Å²) >= 11 is 0. The number of aliphatic hydroxyl groups is 1. The zero-order chi connectivity index (χ0) is 53.6. The first kappa shape index (κ1) is 58.1. The van der Waals surface area contributed by atoms with E-state index in [1.54, 1.807) is 58.0 Å². The van der Waals surface area contributed by atoms with Crippen molar-refractivity contribution in [3.63, 3.8) is 0 Å². The number of carbonyl (C=O) groups is 8. The monoisotopic (exact) mass is 1030 g/mol. The third kappa shape index (κ3) is 15.5. The Bertz CT molecular complexity index is 2410. The van der Waals surface area contributed by atoms with E-state index in [1.165, 1.54) is 51.2 Å². The molecular weight excluding hydrogens is 963 g/mol. The van der Waals surface area contributed by atoms with Crippen LogP contribution < -0.4 is 26.6 Å². The minimum atomic E-state index is -5.00. The summed E-state index contributed by atoms with van der Waals surface area (Å²) in [6.45, 7) is 8.32. The maximum absolute atomic E-state index is 15.0. The predicted molar refractivity (Wildman–Crippen MR) is 257 cm³/mol. The highest BCUT2D eigenvalue weighted by Crippen LogP contribution is 2.26. The summed E-state index contributed by atoms with van der Waals surface area (Å²) < 4.78 is 46.8. The van der Waals surface area contributed by atoms with Crippen molar-refractivity contribution in [1.29, 1.82) is 0 Å². The van der Waals surface area contributed by atoms with Gasteiger partial charge in [-0.2, -0.15) is 8.42 Å². The zero-order valence-electron chi connectivity index (χ0n) is 41.5. The van der Waals surface area contributed by atoms with Gasteiger partial charge in [-0.25, -0.2) is 8.98 Å². The van der Waals surface area contributed by atoms with Crippen LogP contribution >= 0.6 is 0 Å². The van der Waals surface area contributed by atoms with Crippen molar-refractivity contribution in [3.8, 4) is 5.75 Å². The van der Waals surface area contributed by atoms with Crippen LogP contribution in [0.3, 0.4) is 0 Å². The molecule has 0 spiro atoms. The van der Waals surface area contributed by atoms with E-state index in [9.17, 15) is 52.2 Å². The van der Waals surface area contributed by atoms with Gasteiger partial charge >= 0.3 is 16.4 Å². The van der Waals surface area contributed by atoms with Crippen LogP contribution in [0.2, 0.25) is 0 Å². The van der Waals surface area contributed by atoms with Crippen LogP contribution in [0.5, 0.6) is 5.75 Å². The maximum Gasteiger partial charge on any atom is 0.397 e. The van der Waals surface area contributed by atoms with Crippen molar-refractivity contribution in [2.75, 3.05) is 20.8 Å². The molecule has 24 heteroatoms. The molecule has 2 aliphatic heterocycles. The Morgan fingerprint density at radius 2 is 1.51 bits per heavy atom. The van der Waals surface area contributed by atoms with Crippen LogP contribution in [-0.2, 0) is 75.3 Å². The van der Waals surface area contributed by atoms with Gasteiger partial charge in [-0.1, -0.05) is 89.1 Å². The highest BCUT2D eigenvalue weighted by molar-refractivity contribution is 7.80. The SMILES string of the molecule is C/C=C1\NC(=O)[C@H](NC(=O)[C@@H](NC(=O)[C@@H](COS(=O)(=O)O)OC)[C@@H](C)CC)[C@@H](C)OC(=O)[C@H]([C@H](C)CC)NC(=O)[C@H](Cc2ccc(O)cc2)N(C)C(=O)[C@H](Cc2ccccc2)N2C(=O)[C@H](CC[C@H]2O)NC1=O. The number of hydrogen-bond acceptors (Lipinski definition) is 15. The number of likely N-dealkylation sites (N-methyl/N-ethyl adjacent to an activating group) is 1. The van der Waals surface area contributed by atoms with Gasteiger partial charge in [0.05, 0.1) is 0 Å². The predicted octanol–water partition coefficient (Wildman–Crippen LogP) is 0.145. The molecule has 0 radical (unpaired) electrons. The standard InChI is InChI=1S/C48H67N7O16S/c1-9-26(4)38(51-43(60)36(69-8)25-70-72(66,67)68)44(61)53-40-28(6)71-48(65)39(27(5)10-2)52-42(59)34(23-30-17-19-31(56)20-18-30)54(7)47(64)35(24-29-15-13-12-14-16-29)55-37(57)22-21-33(46(55)63)50-41(58)32(11-3)49-45(40)62/h11-20,26-28,33-40,56-57H,9-10,21-25H2,1-8H3,(H,49,62)(H,50,58)(H,51,60)(H,52,59)(H,53,61)(H,66,67,68)/b32-11-/t26-,27+,28+,33-,34-,35-,36+,37+,38-,39-,40+/m0/s1. The molecule has 4 rings (SSSR count). The molecule has 2 bridgehead atoms. The lowest BCUT2D eigenvalue weighted by Gasteiger charge is -2.43. The molecule has 0 unspecified atom stereocenters. The first-order valence-electron chi connectivity index (χ1n) is 23.6. The van der Waals surface area contributed by atoms with Gasteiger partial charge < -0.3 is 56.1 Å². The van der Waals surface area contributed by atoms with E-state index in [2.05, 4.69) is 30.8 Å². The van der Waals surface area contributed by atoms with Crippen LogP contribution in [0.4, 0.5) is 0 Å². The molecule has 72 heavy (non-hydrogen) atoms. The van der Waals surface area contributed by atoms with Gasteiger partial charge in [0.1, 0.15) is 66.6 Å². The summed E-state index contributed by atoms with van der Waals surface area (Å²) in [7, 11) is -2.61. The van der Waals surface area contributed by atoms with Crippen LogP contribution in [0.25, 0.3) is 0 Å². The number of allylic oxidation sites excluding steroid dienone is 1. The molecule has 2 aliphatic rings. The number of rotatable bonds is 16. The molecule has 8 N–H and O–H groups in total. The van der Waals surface area contributed by atoms with Gasteiger partial charge in [0.25, 0.3) is 17.7 Å². The van der Waals surface area contributed by atoms with Crippen LogP contribution in [0, 0.1) is 11.8 Å². The fourth-order valence-electron chi connectivity index (χ4n) is 8.13. The van der Waals surface area contributed by atoms with Crippen molar-refractivity contribution in [2.45, 2.75) is 135 Å². The fraction of sp³-hybridized carbons (Fsp3) is 0.542. The Morgan fingerprint density at radius 3 is 2.10 bits per heavy atom. The molecule has 23 nitrogen and oxygen atoms in total. The van der Waals surface area contributed by atoms with Gasteiger partial charge in [-0.15, -0.1) is 0 Å². The van der Waals surface area contributed by atoms with Gasteiger partial charge in [0, 0.05) is 27.0 Å². The third-order valence-corrected chi connectivity index (χ3v) is 13.3. The van der Waals surface area contributed by atoms with E-state index in [-0.39, 0.29) is 44.3 Å². The molecule has 2 fully saturated rings. The Morgan fingerprint density at radius 1 is 0.889 bits per heavy atom. The second-order valence-corrected chi connectivity index (χ2v) is 19.0. The quantitative estimate of drug-likeness (QED) is 0.0630. The highest BCUT2D eigenvalue weighted by Gasteiger charge is 2.46. The number of fused-ring (bicyclic) bond motifs is 2. The largest absolute Gasteiger partial charge is 0.508 e. The number of piperidine rings is 1. The number of hydrogen-bond donors (Lipinski definition) is 8. The normalized spacial score (nSPS) is 25.3. The number of aromatic hydroxyl groups is 1. The Hall–Kier alpha value is -6.47. The van der Waals surface area contributed by atoms with E-state index < -0.39 is 137 Å². The Balaban J connectivity index is 1.85. The van der Waals surface area contributed by atoms with Crippen molar-refractivity contribution in [3.05, 3.63) is 77.5 Å². The van der Waals surface area contributed by atoms with Gasteiger partial charge in [-0.05, 0) is 61.8 Å². The van der Waals surface area contributed by atoms with Crippen molar-refractivity contribution in [1.82, 2.24) is 36.4 Å².